The molecule has 1 heterocycles. The molecule has 1 aliphatic heterocycles. The lowest BCUT2D eigenvalue weighted by Gasteiger charge is -2.23. The maximum absolute atomic E-state index is 12.8. The Bertz CT molecular complexity index is 703. The van der Waals surface area contributed by atoms with Crippen molar-refractivity contribution in [1.82, 2.24) is 9.62 Å². The average Bonchev–Trinajstić information content (AvgIpc) is 2.58. The normalized spacial score (nSPS) is 17.6. The molecule has 6 nitrogen and oxygen atoms in total. The van der Waals surface area contributed by atoms with Crippen molar-refractivity contribution in [2.75, 3.05) is 36.5 Å². The Morgan fingerprint density at radius 1 is 1.35 bits per heavy atom. The molecule has 1 fully saturated rings. The first-order valence-corrected chi connectivity index (χ1v) is 11.2. The van der Waals surface area contributed by atoms with Gasteiger partial charge in [-0.05, 0) is 24.6 Å². The van der Waals surface area contributed by atoms with Crippen LogP contribution in [0.3, 0.4) is 0 Å². The first-order valence-electron chi connectivity index (χ1n) is 8.60. The fourth-order valence-electron chi connectivity index (χ4n) is 2.85. The minimum atomic E-state index is -3.55. The second-order valence-corrected chi connectivity index (χ2v) is 9.10. The highest BCUT2D eigenvalue weighted by Gasteiger charge is 2.24. The fourth-order valence-corrected chi connectivity index (χ4v) is 5.50. The first-order chi connectivity index (χ1) is 11.9. The van der Waals surface area contributed by atoms with E-state index in [1.807, 2.05) is 25.6 Å². The van der Waals surface area contributed by atoms with Gasteiger partial charge in [0.2, 0.25) is 15.9 Å². The van der Waals surface area contributed by atoms with E-state index in [1.165, 1.54) is 4.31 Å². The molecule has 26 heavy (non-hydrogen) atoms. The topological polar surface area (TPSA) is 78.5 Å². The zero-order valence-electron chi connectivity index (χ0n) is 15.4. The quantitative estimate of drug-likeness (QED) is 0.707. The molecule has 1 aliphatic rings. The van der Waals surface area contributed by atoms with E-state index in [4.69, 9.17) is 0 Å². The van der Waals surface area contributed by atoms with Crippen molar-refractivity contribution in [3.63, 3.8) is 0 Å². The first kappa shape index (κ1) is 23.2. The van der Waals surface area contributed by atoms with Gasteiger partial charge < -0.3 is 10.6 Å². The number of nitrogens with zero attached hydrogens (tertiary/aromatic N) is 1. The molecule has 0 radical (unpaired) electrons. The number of rotatable bonds is 7. The number of benzene rings is 1. The summed E-state index contributed by atoms with van der Waals surface area (Å²) < 4.78 is 27.0. The van der Waals surface area contributed by atoms with Gasteiger partial charge in [-0.25, -0.2) is 8.42 Å². The molecule has 1 atom stereocenters. The number of carbonyl (C=O) groups is 1. The summed E-state index contributed by atoms with van der Waals surface area (Å²) in [6.45, 7) is 7.15. The predicted molar refractivity (Wildman–Crippen MR) is 111 cm³/mol. The van der Waals surface area contributed by atoms with E-state index in [2.05, 4.69) is 10.6 Å². The van der Waals surface area contributed by atoms with Gasteiger partial charge in [0.05, 0.1) is 4.90 Å². The summed E-state index contributed by atoms with van der Waals surface area (Å²) in [5.41, 5.74) is 1.19. The van der Waals surface area contributed by atoms with Crippen LogP contribution in [-0.2, 0) is 14.8 Å². The van der Waals surface area contributed by atoms with Crippen LogP contribution in [0.2, 0.25) is 0 Å². The van der Waals surface area contributed by atoms with E-state index in [1.54, 1.807) is 25.1 Å². The summed E-state index contributed by atoms with van der Waals surface area (Å²) >= 11 is 1.84. The van der Waals surface area contributed by atoms with Crippen molar-refractivity contribution in [3.05, 3.63) is 23.8 Å². The van der Waals surface area contributed by atoms with E-state index in [0.717, 1.165) is 18.1 Å². The molecule has 148 valence electrons. The minimum Gasteiger partial charge on any atom is -0.326 e. The number of anilines is 1. The zero-order valence-corrected chi connectivity index (χ0v) is 17.9. The monoisotopic (exact) mass is 421 g/mol. The van der Waals surface area contributed by atoms with E-state index < -0.39 is 10.0 Å². The van der Waals surface area contributed by atoms with Crippen LogP contribution in [0.5, 0.6) is 0 Å². The second-order valence-electron chi connectivity index (χ2n) is 6.05. The standard InChI is InChI=1S/C17H27N3O3S2.ClH/c1-4-20(5-2)25(22,23)16-10-14(7-6-13(16)3)19-17(21)11-15-12-24-9-8-18-15;/h6-7,10,15,18H,4-5,8-9,11-12H2,1-3H3,(H,19,21);1H. The Morgan fingerprint density at radius 2 is 2.04 bits per heavy atom. The lowest BCUT2D eigenvalue weighted by Crippen LogP contribution is -2.39. The van der Waals surface area contributed by atoms with Gasteiger partial charge in [0.1, 0.15) is 0 Å². The second kappa shape index (κ2) is 10.5. The highest BCUT2D eigenvalue weighted by atomic mass is 35.5. The molecule has 1 amide bonds. The van der Waals surface area contributed by atoms with Crippen LogP contribution in [0, 0.1) is 6.92 Å². The molecule has 0 saturated carbocycles. The van der Waals surface area contributed by atoms with E-state index >= 15 is 0 Å². The molecule has 0 spiro atoms. The van der Waals surface area contributed by atoms with Gasteiger partial charge in [0, 0.05) is 49.3 Å². The van der Waals surface area contributed by atoms with Crippen molar-refractivity contribution < 1.29 is 13.2 Å². The largest absolute Gasteiger partial charge is 0.326 e. The molecule has 2 rings (SSSR count). The van der Waals surface area contributed by atoms with Crippen molar-refractivity contribution in [1.29, 1.82) is 0 Å². The van der Waals surface area contributed by atoms with Crippen molar-refractivity contribution >= 4 is 45.8 Å². The minimum absolute atomic E-state index is 0. The number of halogens is 1. The van der Waals surface area contributed by atoms with Crippen LogP contribution in [-0.4, -0.2) is 55.8 Å². The number of sulfonamides is 1. The van der Waals surface area contributed by atoms with Crippen molar-refractivity contribution in [3.8, 4) is 0 Å². The van der Waals surface area contributed by atoms with Crippen LogP contribution < -0.4 is 10.6 Å². The molecule has 1 aromatic rings. The number of carbonyl (C=O) groups excluding carboxylic acids is 1. The molecular formula is C17H28ClN3O3S2. The summed E-state index contributed by atoms with van der Waals surface area (Å²) in [6.07, 6.45) is 0.388. The van der Waals surface area contributed by atoms with Crippen LogP contribution >= 0.6 is 24.2 Å². The molecule has 1 saturated heterocycles. The SMILES string of the molecule is CCN(CC)S(=O)(=O)c1cc(NC(=O)CC2CSCCN2)ccc1C.Cl. The van der Waals surface area contributed by atoms with E-state index in [-0.39, 0.29) is 29.3 Å². The Labute approximate surface area is 166 Å². The van der Waals surface area contributed by atoms with Crippen LogP contribution in [0.1, 0.15) is 25.8 Å². The average molecular weight is 422 g/mol. The van der Waals surface area contributed by atoms with Gasteiger partial charge >= 0.3 is 0 Å². The number of hydrogen-bond acceptors (Lipinski definition) is 5. The van der Waals surface area contributed by atoms with Gasteiger partial charge in [-0.15, -0.1) is 12.4 Å². The van der Waals surface area contributed by atoms with Gasteiger partial charge in [-0.1, -0.05) is 19.9 Å². The summed E-state index contributed by atoms with van der Waals surface area (Å²) in [7, 11) is -3.55. The van der Waals surface area contributed by atoms with Crippen LogP contribution in [0.25, 0.3) is 0 Å². The maximum atomic E-state index is 12.8. The Hall–Kier alpha value is -0.800. The molecule has 0 bridgehead atoms. The summed E-state index contributed by atoms with van der Waals surface area (Å²) in [6, 6.07) is 5.21. The number of thioether (sulfide) groups is 1. The van der Waals surface area contributed by atoms with Gasteiger partial charge in [0.25, 0.3) is 0 Å². The predicted octanol–water partition coefficient (Wildman–Crippen LogP) is 2.48. The molecule has 9 heteroatoms. The lowest BCUT2D eigenvalue weighted by atomic mass is 10.2. The maximum Gasteiger partial charge on any atom is 0.243 e. The van der Waals surface area contributed by atoms with Crippen molar-refractivity contribution in [2.24, 2.45) is 0 Å². The summed E-state index contributed by atoms with van der Waals surface area (Å²) in [4.78, 5) is 12.5. The van der Waals surface area contributed by atoms with Crippen molar-refractivity contribution in [2.45, 2.75) is 38.1 Å². The fraction of sp³-hybridized carbons (Fsp3) is 0.588. The van der Waals surface area contributed by atoms with E-state index in [0.29, 0.717) is 30.8 Å². The summed E-state index contributed by atoms with van der Waals surface area (Å²) in [5.74, 6) is 1.89. The lowest BCUT2D eigenvalue weighted by molar-refractivity contribution is -0.116. The third kappa shape index (κ3) is 5.85. The van der Waals surface area contributed by atoms with Gasteiger partial charge in [-0.3, -0.25) is 4.79 Å². The Kier molecular flexibility index (Phi) is 9.40. The molecule has 2 N–H and O–H groups in total. The number of hydrogen-bond donors (Lipinski definition) is 2. The highest BCUT2D eigenvalue weighted by molar-refractivity contribution is 7.99. The number of nitrogens with one attached hydrogen (secondary N) is 2. The Morgan fingerprint density at radius 3 is 2.62 bits per heavy atom. The highest BCUT2D eigenvalue weighted by Crippen LogP contribution is 2.24. The smallest absolute Gasteiger partial charge is 0.243 e. The van der Waals surface area contributed by atoms with E-state index in [9.17, 15) is 13.2 Å². The number of amides is 1. The van der Waals surface area contributed by atoms with Gasteiger partial charge in [-0.2, -0.15) is 16.1 Å². The van der Waals surface area contributed by atoms with Gasteiger partial charge in [0.15, 0.2) is 0 Å². The molecule has 1 aromatic carbocycles. The molecular weight excluding hydrogens is 394 g/mol. The molecule has 0 aliphatic carbocycles. The molecule has 0 aromatic heterocycles. The third-order valence-electron chi connectivity index (χ3n) is 4.23. The molecule has 1 unspecified atom stereocenters. The zero-order chi connectivity index (χ0) is 18.4. The third-order valence-corrected chi connectivity index (χ3v) is 7.55. The van der Waals surface area contributed by atoms with Crippen LogP contribution in [0.15, 0.2) is 23.1 Å². The summed E-state index contributed by atoms with van der Waals surface area (Å²) in [5, 5.41) is 6.16. The van der Waals surface area contributed by atoms with Crippen LogP contribution in [0.4, 0.5) is 5.69 Å². The number of aryl methyl sites for hydroxylation is 1. The Balaban J connectivity index is 0.00000338.